The molecule has 1 aliphatic carbocycles. The molecular weight excluding hydrogens is 200 g/mol. The molecule has 2 unspecified atom stereocenters. The van der Waals surface area contributed by atoms with Crippen LogP contribution >= 0.6 is 0 Å². The Morgan fingerprint density at radius 1 is 1.50 bits per heavy atom. The minimum Gasteiger partial charge on any atom is -0.497 e. The Morgan fingerprint density at radius 2 is 2.31 bits per heavy atom. The summed E-state index contributed by atoms with van der Waals surface area (Å²) in [5.74, 6) is 1.81. The van der Waals surface area contributed by atoms with Crippen molar-refractivity contribution in [3.8, 4) is 5.75 Å². The maximum Gasteiger partial charge on any atom is 0.119 e. The van der Waals surface area contributed by atoms with Gasteiger partial charge in [-0.05, 0) is 54.4 Å². The smallest absolute Gasteiger partial charge is 0.119 e. The van der Waals surface area contributed by atoms with Crippen LogP contribution < -0.4 is 4.74 Å². The van der Waals surface area contributed by atoms with Crippen molar-refractivity contribution in [2.75, 3.05) is 13.7 Å². The molecule has 0 radical (unpaired) electrons. The third kappa shape index (κ3) is 2.07. The fourth-order valence-corrected chi connectivity index (χ4v) is 2.67. The van der Waals surface area contributed by atoms with E-state index in [1.54, 1.807) is 7.11 Å². The standard InChI is InChI=1S/C14H20O2/c1-10(9-15)13-5-3-4-11-8-12(16-2)6-7-14(11)13/h6-8,10,13,15H,3-5,9H2,1-2H3. The van der Waals surface area contributed by atoms with Gasteiger partial charge in [0.15, 0.2) is 0 Å². The number of fused-ring (bicyclic) bond motifs is 1. The van der Waals surface area contributed by atoms with E-state index in [0.29, 0.717) is 11.8 Å². The van der Waals surface area contributed by atoms with Crippen LogP contribution in [-0.4, -0.2) is 18.8 Å². The third-order valence-electron chi connectivity index (χ3n) is 3.69. The zero-order chi connectivity index (χ0) is 11.5. The number of benzene rings is 1. The lowest BCUT2D eigenvalue weighted by Gasteiger charge is -2.29. The first-order valence-corrected chi connectivity index (χ1v) is 6.04. The first-order valence-electron chi connectivity index (χ1n) is 6.04. The summed E-state index contributed by atoms with van der Waals surface area (Å²) in [5, 5.41) is 9.29. The third-order valence-corrected chi connectivity index (χ3v) is 3.69. The maximum atomic E-state index is 9.29. The zero-order valence-electron chi connectivity index (χ0n) is 10.1. The van der Waals surface area contributed by atoms with Crippen molar-refractivity contribution in [1.29, 1.82) is 0 Å². The van der Waals surface area contributed by atoms with Crippen LogP contribution in [0.2, 0.25) is 0 Å². The molecule has 0 spiro atoms. The highest BCUT2D eigenvalue weighted by molar-refractivity contribution is 5.39. The van der Waals surface area contributed by atoms with E-state index < -0.39 is 0 Å². The van der Waals surface area contributed by atoms with E-state index in [9.17, 15) is 5.11 Å². The molecule has 1 aromatic carbocycles. The van der Waals surface area contributed by atoms with Crippen LogP contribution in [0.5, 0.6) is 5.75 Å². The molecule has 0 fully saturated rings. The highest BCUT2D eigenvalue weighted by Crippen LogP contribution is 2.38. The van der Waals surface area contributed by atoms with Gasteiger partial charge in [-0.2, -0.15) is 0 Å². The number of hydrogen-bond acceptors (Lipinski definition) is 2. The van der Waals surface area contributed by atoms with Crippen LogP contribution in [0, 0.1) is 5.92 Å². The molecule has 0 aromatic heterocycles. The Hall–Kier alpha value is -1.02. The van der Waals surface area contributed by atoms with E-state index in [2.05, 4.69) is 19.1 Å². The SMILES string of the molecule is COc1ccc2c(c1)CCCC2C(C)CO. The predicted molar refractivity (Wildman–Crippen MR) is 64.9 cm³/mol. The quantitative estimate of drug-likeness (QED) is 0.848. The summed E-state index contributed by atoms with van der Waals surface area (Å²) in [7, 11) is 1.71. The van der Waals surface area contributed by atoms with Crippen LogP contribution in [0.4, 0.5) is 0 Å². The van der Waals surface area contributed by atoms with E-state index in [1.807, 2.05) is 6.07 Å². The molecular formula is C14H20O2. The number of aryl methyl sites for hydroxylation is 1. The fourth-order valence-electron chi connectivity index (χ4n) is 2.67. The summed E-state index contributed by atoms with van der Waals surface area (Å²) >= 11 is 0. The Labute approximate surface area is 97.3 Å². The fraction of sp³-hybridized carbons (Fsp3) is 0.571. The first kappa shape index (κ1) is 11.5. The monoisotopic (exact) mass is 220 g/mol. The molecule has 2 rings (SSSR count). The van der Waals surface area contributed by atoms with Crippen LogP contribution in [-0.2, 0) is 6.42 Å². The minimum absolute atomic E-state index is 0.274. The molecule has 2 atom stereocenters. The predicted octanol–water partition coefficient (Wildman–Crippen LogP) is 2.74. The molecule has 1 aliphatic rings. The van der Waals surface area contributed by atoms with E-state index >= 15 is 0 Å². The summed E-state index contributed by atoms with van der Waals surface area (Å²) in [6, 6.07) is 6.34. The van der Waals surface area contributed by atoms with Crippen molar-refractivity contribution in [3.05, 3.63) is 29.3 Å². The summed E-state index contributed by atoms with van der Waals surface area (Å²) in [5.41, 5.74) is 2.81. The molecule has 0 bridgehead atoms. The summed E-state index contributed by atoms with van der Waals surface area (Å²) in [6.45, 7) is 2.40. The summed E-state index contributed by atoms with van der Waals surface area (Å²) in [4.78, 5) is 0. The Morgan fingerprint density at radius 3 is 3.00 bits per heavy atom. The first-order chi connectivity index (χ1) is 7.76. The van der Waals surface area contributed by atoms with Gasteiger partial charge in [0, 0.05) is 6.61 Å². The van der Waals surface area contributed by atoms with E-state index in [4.69, 9.17) is 4.74 Å². The molecule has 0 aliphatic heterocycles. The molecule has 0 heterocycles. The number of rotatable bonds is 3. The second-order valence-electron chi connectivity index (χ2n) is 4.72. The number of ether oxygens (including phenoxy) is 1. The maximum absolute atomic E-state index is 9.29. The van der Waals surface area contributed by atoms with Crippen molar-refractivity contribution in [3.63, 3.8) is 0 Å². The topological polar surface area (TPSA) is 29.5 Å². The van der Waals surface area contributed by atoms with E-state index in [1.165, 1.54) is 24.0 Å². The minimum atomic E-state index is 0.274. The average Bonchev–Trinajstić information content (AvgIpc) is 2.36. The molecule has 1 N–H and O–H groups in total. The summed E-state index contributed by atoms with van der Waals surface area (Å²) < 4.78 is 5.25. The molecule has 16 heavy (non-hydrogen) atoms. The van der Waals surface area contributed by atoms with Crippen molar-refractivity contribution >= 4 is 0 Å². The van der Waals surface area contributed by atoms with Crippen LogP contribution in [0.3, 0.4) is 0 Å². The van der Waals surface area contributed by atoms with Crippen molar-refractivity contribution in [1.82, 2.24) is 0 Å². The average molecular weight is 220 g/mol. The lowest BCUT2D eigenvalue weighted by atomic mass is 9.76. The van der Waals surface area contributed by atoms with Crippen LogP contribution in [0.15, 0.2) is 18.2 Å². The Balaban J connectivity index is 2.32. The molecule has 88 valence electrons. The zero-order valence-corrected chi connectivity index (χ0v) is 10.1. The molecule has 0 saturated carbocycles. The normalized spacial score (nSPS) is 21.3. The van der Waals surface area contributed by atoms with Gasteiger partial charge in [0.05, 0.1) is 7.11 Å². The molecule has 2 nitrogen and oxygen atoms in total. The number of hydrogen-bond donors (Lipinski definition) is 1. The molecule has 0 amide bonds. The van der Waals surface area contributed by atoms with E-state index in [-0.39, 0.29) is 6.61 Å². The van der Waals surface area contributed by atoms with Crippen molar-refractivity contribution in [2.45, 2.75) is 32.1 Å². The van der Waals surface area contributed by atoms with Crippen LogP contribution in [0.25, 0.3) is 0 Å². The van der Waals surface area contributed by atoms with Gasteiger partial charge in [0.2, 0.25) is 0 Å². The van der Waals surface area contributed by atoms with Gasteiger partial charge in [-0.25, -0.2) is 0 Å². The van der Waals surface area contributed by atoms with Crippen molar-refractivity contribution in [2.24, 2.45) is 5.92 Å². The highest BCUT2D eigenvalue weighted by atomic mass is 16.5. The van der Waals surface area contributed by atoms with Gasteiger partial charge in [-0.15, -0.1) is 0 Å². The van der Waals surface area contributed by atoms with Crippen molar-refractivity contribution < 1.29 is 9.84 Å². The Bertz CT molecular complexity index is 360. The molecule has 2 heteroatoms. The largest absolute Gasteiger partial charge is 0.497 e. The van der Waals surface area contributed by atoms with E-state index in [0.717, 1.165) is 12.2 Å². The van der Waals surface area contributed by atoms with Gasteiger partial charge in [0.25, 0.3) is 0 Å². The highest BCUT2D eigenvalue weighted by Gasteiger charge is 2.24. The van der Waals surface area contributed by atoms with Crippen LogP contribution in [0.1, 0.15) is 36.8 Å². The summed E-state index contributed by atoms with van der Waals surface area (Å²) in [6.07, 6.45) is 3.55. The van der Waals surface area contributed by atoms with Gasteiger partial charge in [-0.1, -0.05) is 13.0 Å². The van der Waals surface area contributed by atoms with Gasteiger partial charge < -0.3 is 9.84 Å². The lowest BCUT2D eigenvalue weighted by Crippen LogP contribution is -2.19. The number of methoxy groups -OCH3 is 1. The molecule has 0 saturated heterocycles. The lowest BCUT2D eigenvalue weighted by molar-refractivity contribution is 0.208. The second kappa shape index (κ2) is 4.88. The number of aliphatic hydroxyl groups is 1. The second-order valence-corrected chi connectivity index (χ2v) is 4.72. The van der Waals surface area contributed by atoms with Gasteiger partial charge >= 0.3 is 0 Å². The molecule has 1 aromatic rings. The van der Waals surface area contributed by atoms with Gasteiger partial charge in [-0.3, -0.25) is 0 Å². The number of aliphatic hydroxyl groups excluding tert-OH is 1. The van der Waals surface area contributed by atoms with Gasteiger partial charge in [0.1, 0.15) is 5.75 Å². The Kier molecular flexibility index (Phi) is 3.49.